The van der Waals surface area contributed by atoms with Crippen LogP contribution >= 0.6 is 0 Å². The van der Waals surface area contributed by atoms with Crippen molar-refractivity contribution >= 4 is 6.08 Å². The Morgan fingerprint density at radius 3 is 1.73 bits per heavy atom. The first-order chi connectivity index (χ1) is 12.7. The van der Waals surface area contributed by atoms with Gasteiger partial charge < -0.3 is 0 Å². The van der Waals surface area contributed by atoms with Crippen molar-refractivity contribution in [3.8, 4) is 11.1 Å². The van der Waals surface area contributed by atoms with Crippen LogP contribution in [0.15, 0.2) is 54.6 Å². The molecule has 0 saturated heterocycles. The predicted molar refractivity (Wildman–Crippen MR) is 108 cm³/mol. The normalized spacial score (nSPS) is 10.7. The highest BCUT2D eigenvalue weighted by atomic mass is 19.3. The zero-order valence-electron chi connectivity index (χ0n) is 15.8. The van der Waals surface area contributed by atoms with E-state index in [0.717, 1.165) is 23.6 Å². The summed E-state index contributed by atoms with van der Waals surface area (Å²) in [6.07, 6.45) is 11.1. The van der Waals surface area contributed by atoms with Gasteiger partial charge >= 0.3 is 0 Å². The molecule has 2 rings (SSSR count). The fourth-order valence-electron chi connectivity index (χ4n) is 3.22. The van der Waals surface area contributed by atoms with E-state index >= 15 is 0 Å². The lowest BCUT2D eigenvalue weighted by Gasteiger charge is -2.06. The van der Waals surface area contributed by atoms with Gasteiger partial charge in [-0.15, -0.1) is 0 Å². The quantitative estimate of drug-likeness (QED) is 0.355. The molecule has 0 aliphatic rings. The molecule has 0 fully saturated rings. The van der Waals surface area contributed by atoms with Crippen molar-refractivity contribution < 1.29 is 8.78 Å². The van der Waals surface area contributed by atoms with E-state index in [0.29, 0.717) is 5.56 Å². The first-order valence-electron chi connectivity index (χ1n) is 9.91. The van der Waals surface area contributed by atoms with Gasteiger partial charge in [0.1, 0.15) is 0 Å². The molecule has 0 N–H and O–H groups in total. The highest BCUT2D eigenvalue weighted by Gasteiger charge is 2.00. The number of benzene rings is 2. The predicted octanol–water partition coefficient (Wildman–Crippen LogP) is 8.27. The molecule has 0 atom stereocenters. The van der Waals surface area contributed by atoms with Gasteiger partial charge in [-0.25, -0.2) is 0 Å². The number of hydrogen-bond donors (Lipinski definition) is 0. The molecule has 0 bridgehead atoms. The molecule has 0 aliphatic heterocycles. The fourth-order valence-corrected chi connectivity index (χ4v) is 3.22. The molecule has 0 radical (unpaired) electrons. The minimum atomic E-state index is -1.66. The van der Waals surface area contributed by atoms with Crippen LogP contribution < -0.4 is 0 Å². The van der Waals surface area contributed by atoms with Crippen LogP contribution in [0, 0.1) is 0 Å². The number of unbranched alkanes of at least 4 members (excludes halogenated alkanes) is 7. The van der Waals surface area contributed by atoms with Crippen LogP contribution in [0.2, 0.25) is 0 Å². The van der Waals surface area contributed by atoms with Crippen molar-refractivity contribution in [2.75, 3.05) is 0 Å². The van der Waals surface area contributed by atoms with Crippen molar-refractivity contribution in [1.82, 2.24) is 0 Å². The largest absolute Gasteiger partial charge is 0.270 e. The summed E-state index contributed by atoms with van der Waals surface area (Å²) in [5.74, 6) is 0. The lowest BCUT2D eigenvalue weighted by molar-refractivity contribution is 0.429. The lowest BCUT2D eigenvalue weighted by Crippen LogP contribution is -1.87. The van der Waals surface area contributed by atoms with Gasteiger partial charge in [0.25, 0.3) is 6.08 Å². The molecule has 0 nitrogen and oxygen atoms in total. The van der Waals surface area contributed by atoms with Gasteiger partial charge in [-0.2, -0.15) is 8.78 Å². The van der Waals surface area contributed by atoms with Crippen molar-refractivity contribution in [3.05, 3.63) is 65.7 Å². The van der Waals surface area contributed by atoms with Gasteiger partial charge in [-0.1, -0.05) is 100 Å². The van der Waals surface area contributed by atoms with Crippen LogP contribution in [0.4, 0.5) is 8.78 Å². The summed E-state index contributed by atoms with van der Waals surface area (Å²) in [7, 11) is 0. The van der Waals surface area contributed by atoms with E-state index < -0.39 is 6.08 Å². The molecule has 2 aromatic rings. The van der Waals surface area contributed by atoms with Crippen molar-refractivity contribution in [3.63, 3.8) is 0 Å². The first kappa shape index (κ1) is 20.4. The van der Waals surface area contributed by atoms with Gasteiger partial charge in [0.05, 0.1) is 0 Å². The Balaban J connectivity index is 1.75. The number of aryl methyl sites for hydroxylation is 1. The second kappa shape index (κ2) is 11.6. The van der Waals surface area contributed by atoms with Gasteiger partial charge in [-0.05, 0) is 35.1 Å². The van der Waals surface area contributed by atoms with Gasteiger partial charge in [0.2, 0.25) is 0 Å². The lowest BCUT2D eigenvalue weighted by atomic mass is 10.00. The van der Waals surface area contributed by atoms with Gasteiger partial charge in [-0.3, -0.25) is 0 Å². The third-order valence-electron chi connectivity index (χ3n) is 4.79. The molecular formula is C24H30F2. The van der Waals surface area contributed by atoms with E-state index in [4.69, 9.17) is 0 Å². The van der Waals surface area contributed by atoms with Crippen molar-refractivity contribution in [2.45, 2.75) is 64.7 Å². The third-order valence-corrected chi connectivity index (χ3v) is 4.79. The molecule has 0 aromatic heterocycles. The Labute approximate surface area is 157 Å². The first-order valence-corrected chi connectivity index (χ1v) is 9.91. The zero-order valence-corrected chi connectivity index (χ0v) is 15.8. The summed E-state index contributed by atoms with van der Waals surface area (Å²) in [5.41, 5.74) is 4.08. The molecule has 0 heterocycles. The summed E-state index contributed by atoms with van der Waals surface area (Å²) < 4.78 is 24.5. The summed E-state index contributed by atoms with van der Waals surface area (Å²) >= 11 is 0. The molecule has 0 spiro atoms. The van der Waals surface area contributed by atoms with Gasteiger partial charge in [0.15, 0.2) is 0 Å². The highest BCUT2D eigenvalue weighted by molar-refractivity contribution is 5.66. The summed E-state index contributed by atoms with van der Waals surface area (Å²) in [4.78, 5) is 0. The molecule has 26 heavy (non-hydrogen) atoms. The molecule has 2 aromatic carbocycles. The van der Waals surface area contributed by atoms with E-state index in [1.807, 2.05) is 12.1 Å². The van der Waals surface area contributed by atoms with Crippen LogP contribution in [0.1, 0.15) is 69.4 Å². The highest BCUT2D eigenvalue weighted by Crippen LogP contribution is 2.22. The van der Waals surface area contributed by atoms with E-state index in [1.54, 1.807) is 12.1 Å². The summed E-state index contributed by atoms with van der Waals surface area (Å²) in [6.45, 7) is 2.26. The Bertz CT molecular complexity index is 650. The molecule has 140 valence electrons. The monoisotopic (exact) mass is 356 g/mol. The molecule has 2 heteroatoms. The second-order valence-corrected chi connectivity index (χ2v) is 6.98. The molecule has 0 saturated carbocycles. The molecule has 0 amide bonds. The Morgan fingerprint density at radius 1 is 0.692 bits per heavy atom. The Hall–Kier alpha value is -1.96. The maximum atomic E-state index is 12.3. The van der Waals surface area contributed by atoms with Crippen LogP contribution in [0.5, 0.6) is 0 Å². The van der Waals surface area contributed by atoms with Crippen LogP contribution in [-0.4, -0.2) is 0 Å². The van der Waals surface area contributed by atoms with Crippen LogP contribution in [0.25, 0.3) is 17.2 Å². The second-order valence-electron chi connectivity index (χ2n) is 6.98. The maximum absolute atomic E-state index is 12.3. The minimum Gasteiger partial charge on any atom is -0.173 e. The van der Waals surface area contributed by atoms with Gasteiger partial charge in [0, 0.05) is 6.08 Å². The number of halogens is 2. The van der Waals surface area contributed by atoms with E-state index in [2.05, 4.69) is 31.2 Å². The van der Waals surface area contributed by atoms with Crippen molar-refractivity contribution in [1.29, 1.82) is 0 Å². The standard InChI is InChI=1S/C24H30F2/c1-2-3-4-5-6-7-8-9-10-20-11-15-22(16-12-20)23-17-13-21(14-18-23)19-24(25)26/h11-19H,2-10H2,1H3. The number of hydrogen-bond acceptors (Lipinski definition) is 0. The summed E-state index contributed by atoms with van der Waals surface area (Å²) in [6, 6.07) is 15.9. The summed E-state index contributed by atoms with van der Waals surface area (Å²) in [5, 5.41) is 0. The van der Waals surface area contributed by atoms with Crippen LogP contribution in [0.3, 0.4) is 0 Å². The van der Waals surface area contributed by atoms with E-state index in [1.165, 1.54) is 56.9 Å². The third kappa shape index (κ3) is 7.51. The number of rotatable bonds is 11. The average molecular weight is 356 g/mol. The Morgan fingerprint density at radius 2 is 1.19 bits per heavy atom. The SMILES string of the molecule is CCCCCCCCCCc1ccc(-c2ccc(C=C(F)F)cc2)cc1. The molecule has 0 aliphatic carbocycles. The van der Waals surface area contributed by atoms with E-state index in [-0.39, 0.29) is 0 Å². The minimum absolute atomic E-state index is 0.528. The fraction of sp³-hybridized carbons (Fsp3) is 0.417. The Kier molecular flexibility index (Phi) is 9.09. The molecular weight excluding hydrogens is 326 g/mol. The maximum Gasteiger partial charge on any atom is 0.270 e. The zero-order chi connectivity index (χ0) is 18.6. The van der Waals surface area contributed by atoms with E-state index in [9.17, 15) is 8.78 Å². The van der Waals surface area contributed by atoms with Crippen LogP contribution in [-0.2, 0) is 6.42 Å². The average Bonchev–Trinajstić information content (AvgIpc) is 2.65. The smallest absolute Gasteiger partial charge is 0.173 e. The topological polar surface area (TPSA) is 0 Å². The molecule has 0 unspecified atom stereocenters. The van der Waals surface area contributed by atoms with Crippen molar-refractivity contribution in [2.24, 2.45) is 0 Å².